The lowest BCUT2D eigenvalue weighted by Crippen LogP contribution is -2.61. The Morgan fingerprint density at radius 1 is 0.261 bits per heavy atom. The molecule has 438 valence electrons. The average molecular weight is 1180 g/mol. The van der Waals surface area contributed by atoms with Crippen LogP contribution in [-0.4, -0.2) is 11.3 Å². The first-order valence-electron chi connectivity index (χ1n) is 32.4. The van der Waals surface area contributed by atoms with Crippen LogP contribution in [0.1, 0.15) is 52.7 Å². The molecule has 2 aliphatic heterocycles. The van der Waals surface area contributed by atoms with Gasteiger partial charge in [-0.2, -0.15) is 0 Å². The predicted molar refractivity (Wildman–Crippen MR) is 394 cm³/mol. The summed E-state index contributed by atoms with van der Waals surface area (Å²) in [6, 6.07) is 115. The normalized spacial score (nSPS) is 12.8. The number of nitrogens with zero attached hydrogens (tertiary/aromatic N) is 3. The second-order valence-electron chi connectivity index (χ2n) is 27.2. The van der Waals surface area contributed by atoms with Crippen LogP contribution in [0.2, 0.25) is 0 Å². The van der Waals surface area contributed by atoms with Gasteiger partial charge in [0.05, 0.1) is 28.1 Å². The first-order chi connectivity index (χ1) is 44.9. The highest BCUT2D eigenvalue weighted by Crippen LogP contribution is 2.53. The Labute approximate surface area is 539 Å². The van der Waals surface area contributed by atoms with Crippen molar-refractivity contribution >= 4 is 101 Å². The molecule has 2 aliphatic rings. The quantitative estimate of drug-likeness (QED) is 0.111. The van der Waals surface area contributed by atoms with E-state index in [0.29, 0.717) is 0 Å². The van der Waals surface area contributed by atoms with Crippen LogP contribution < -0.4 is 26.2 Å². The average Bonchev–Trinajstić information content (AvgIpc) is 0.926. The molecular formula is C88H68BN3. The molecule has 0 aliphatic carbocycles. The molecule has 0 amide bonds. The predicted octanol–water partition coefficient (Wildman–Crippen LogP) is 22.1. The van der Waals surface area contributed by atoms with E-state index in [9.17, 15) is 0 Å². The van der Waals surface area contributed by atoms with E-state index in [2.05, 4.69) is 359 Å². The monoisotopic (exact) mass is 1180 g/mol. The fraction of sp³-hybridized carbons (Fsp3) is 0.0909. The highest BCUT2D eigenvalue weighted by atomic mass is 15.2. The van der Waals surface area contributed by atoms with Crippen molar-refractivity contribution in [3.8, 4) is 61.3 Å². The molecule has 0 atom stereocenters. The van der Waals surface area contributed by atoms with E-state index in [0.717, 1.165) is 56.4 Å². The highest BCUT2D eigenvalue weighted by molar-refractivity contribution is 7.00. The summed E-state index contributed by atoms with van der Waals surface area (Å²) in [6.07, 6.45) is 0. The van der Waals surface area contributed by atoms with Crippen LogP contribution in [0.25, 0.3) is 105 Å². The van der Waals surface area contributed by atoms with Gasteiger partial charge in [0.25, 0.3) is 6.71 Å². The number of anilines is 6. The van der Waals surface area contributed by atoms with E-state index >= 15 is 0 Å². The lowest BCUT2D eigenvalue weighted by molar-refractivity contribution is 0.590. The minimum Gasteiger partial charge on any atom is -0.311 e. The first-order valence-corrected chi connectivity index (χ1v) is 32.4. The smallest absolute Gasteiger partial charge is 0.252 e. The molecule has 15 aromatic rings. The fourth-order valence-electron chi connectivity index (χ4n) is 15.2. The Hall–Kier alpha value is -10.9. The van der Waals surface area contributed by atoms with E-state index in [1.807, 2.05) is 0 Å². The Balaban J connectivity index is 1.05. The molecule has 1 aromatic heterocycles. The third-order valence-electron chi connectivity index (χ3n) is 19.7. The molecule has 0 unspecified atom stereocenters. The summed E-state index contributed by atoms with van der Waals surface area (Å²) in [5, 5.41) is 7.36. The SMILES string of the molecule is CC(C)(C)c1ccc(N2c3ccc(-c4ccccc4)cc3B3c4ccc(-c5c6ccccc6c(-c6ccccc6)c6ccccc56)cc4N(c4ccc(C(C)(C)C)cc4-c4ccccc4)c4cc(-n5c6ccccc6c6ccccc65)cc2c43)c(-c2ccccc2)c1. The lowest BCUT2D eigenvalue weighted by atomic mass is 9.33. The fourth-order valence-corrected chi connectivity index (χ4v) is 15.2. The number of rotatable bonds is 8. The molecule has 0 saturated heterocycles. The molecule has 0 N–H and O–H groups in total. The maximum absolute atomic E-state index is 2.67. The van der Waals surface area contributed by atoms with Gasteiger partial charge in [-0.25, -0.2) is 0 Å². The molecule has 3 heterocycles. The number of hydrogen-bond donors (Lipinski definition) is 0. The van der Waals surface area contributed by atoms with Crippen LogP contribution in [0.15, 0.2) is 303 Å². The van der Waals surface area contributed by atoms with Gasteiger partial charge >= 0.3 is 0 Å². The zero-order valence-corrected chi connectivity index (χ0v) is 52.8. The Kier molecular flexibility index (Phi) is 12.8. The van der Waals surface area contributed by atoms with E-state index in [1.165, 1.54) is 110 Å². The minimum atomic E-state index is -0.195. The van der Waals surface area contributed by atoms with Gasteiger partial charge in [-0.05, 0) is 165 Å². The number of aromatic nitrogens is 1. The van der Waals surface area contributed by atoms with E-state index in [1.54, 1.807) is 0 Å². The summed E-state index contributed by atoms with van der Waals surface area (Å²) in [4.78, 5) is 5.31. The topological polar surface area (TPSA) is 11.4 Å². The third kappa shape index (κ3) is 8.87. The number of fused-ring (bicyclic) bond motifs is 9. The van der Waals surface area contributed by atoms with Crippen molar-refractivity contribution in [2.24, 2.45) is 0 Å². The van der Waals surface area contributed by atoms with E-state index < -0.39 is 0 Å². The van der Waals surface area contributed by atoms with E-state index in [4.69, 9.17) is 0 Å². The zero-order chi connectivity index (χ0) is 62.0. The molecule has 4 heteroatoms. The van der Waals surface area contributed by atoms with Crippen LogP contribution in [0, 0.1) is 0 Å². The van der Waals surface area contributed by atoms with Gasteiger partial charge in [-0.1, -0.05) is 284 Å². The van der Waals surface area contributed by atoms with Crippen LogP contribution in [-0.2, 0) is 10.8 Å². The van der Waals surface area contributed by atoms with Crippen molar-refractivity contribution in [2.75, 3.05) is 9.80 Å². The molecule has 0 bridgehead atoms. The first kappa shape index (κ1) is 55.2. The summed E-state index contributed by atoms with van der Waals surface area (Å²) in [7, 11) is 0. The minimum absolute atomic E-state index is 0.0995. The molecule has 92 heavy (non-hydrogen) atoms. The maximum atomic E-state index is 2.67. The summed E-state index contributed by atoms with van der Waals surface area (Å²) in [5.74, 6) is 0. The Morgan fingerprint density at radius 2 is 0.652 bits per heavy atom. The number of para-hydroxylation sites is 2. The summed E-state index contributed by atoms with van der Waals surface area (Å²) in [5.41, 5.74) is 28.3. The number of benzene rings is 14. The standard InChI is InChI=1S/C88H68BN3/c1-87(2,3)63-45-49-78(72(53-63)58-29-13-8-14-30-58)91-80-48-44-61(57-27-11-7-12-28-57)51-75(80)89-74-47-43-62(85-70-39-21-19-37-68(70)84(60-33-17-10-18-34-60)69-38-20-22-40-71(69)85)52-81(74)92(79-50-46-64(88(4,5)6)54-73(79)59-31-15-9-16-32-59)83-56-65(55-82(91)86(83)89)90-76-41-25-23-35-66(76)67-36-24-26-42-77(67)90/h7-56H,1-6H3. The molecule has 0 saturated carbocycles. The van der Waals surface area contributed by atoms with E-state index in [-0.39, 0.29) is 17.5 Å². The molecule has 3 nitrogen and oxygen atoms in total. The largest absolute Gasteiger partial charge is 0.311 e. The summed E-state index contributed by atoms with van der Waals surface area (Å²) >= 11 is 0. The van der Waals surface area contributed by atoms with Gasteiger partial charge < -0.3 is 14.4 Å². The van der Waals surface area contributed by atoms with Crippen LogP contribution in [0.5, 0.6) is 0 Å². The second-order valence-corrected chi connectivity index (χ2v) is 27.2. The van der Waals surface area contributed by atoms with Crippen LogP contribution in [0.4, 0.5) is 34.1 Å². The highest BCUT2D eigenvalue weighted by Gasteiger charge is 2.45. The van der Waals surface area contributed by atoms with Crippen molar-refractivity contribution in [1.82, 2.24) is 4.57 Å². The van der Waals surface area contributed by atoms with Gasteiger partial charge in [0, 0.05) is 44.6 Å². The van der Waals surface area contributed by atoms with Gasteiger partial charge in [0.1, 0.15) is 0 Å². The van der Waals surface area contributed by atoms with Gasteiger partial charge in [-0.15, -0.1) is 0 Å². The number of hydrogen-bond acceptors (Lipinski definition) is 2. The van der Waals surface area contributed by atoms with Gasteiger partial charge in [-0.3, -0.25) is 0 Å². The zero-order valence-electron chi connectivity index (χ0n) is 52.8. The molecule has 17 rings (SSSR count). The molecule has 14 aromatic carbocycles. The maximum Gasteiger partial charge on any atom is 0.252 e. The Bertz CT molecular complexity index is 5310. The summed E-state index contributed by atoms with van der Waals surface area (Å²) in [6.45, 7) is 13.8. The Morgan fingerprint density at radius 3 is 1.13 bits per heavy atom. The molecular weight excluding hydrogens is 1110 g/mol. The molecule has 0 fully saturated rings. The molecule has 0 radical (unpaired) electrons. The van der Waals surface area contributed by atoms with Crippen molar-refractivity contribution < 1.29 is 0 Å². The second kappa shape index (κ2) is 21.4. The van der Waals surface area contributed by atoms with Crippen LogP contribution >= 0.6 is 0 Å². The molecule has 0 spiro atoms. The van der Waals surface area contributed by atoms with Crippen molar-refractivity contribution in [2.45, 2.75) is 52.4 Å². The summed E-state index contributed by atoms with van der Waals surface area (Å²) < 4.78 is 2.53. The van der Waals surface area contributed by atoms with Crippen molar-refractivity contribution in [1.29, 1.82) is 0 Å². The van der Waals surface area contributed by atoms with Gasteiger partial charge in [0.15, 0.2) is 0 Å². The van der Waals surface area contributed by atoms with Crippen molar-refractivity contribution in [3.05, 3.63) is 314 Å². The van der Waals surface area contributed by atoms with Crippen molar-refractivity contribution in [3.63, 3.8) is 0 Å². The van der Waals surface area contributed by atoms with Crippen LogP contribution in [0.3, 0.4) is 0 Å². The van der Waals surface area contributed by atoms with Gasteiger partial charge in [0.2, 0.25) is 0 Å². The lowest BCUT2D eigenvalue weighted by Gasteiger charge is -2.45. The third-order valence-corrected chi connectivity index (χ3v) is 19.7.